The van der Waals surface area contributed by atoms with Crippen molar-refractivity contribution in [1.29, 1.82) is 0 Å². The zero-order valence-corrected chi connectivity index (χ0v) is 15.3. The zero-order valence-electron chi connectivity index (χ0n) is 14.5. The monoisotopic (exact) mass is 390 g/mol. The number of carbonyl (C=O) groups excluding carboxylic acids is 2. The van der Waals surface area contributed by atoms with Crippen LogP contribution in [0.15, 0.2) is 41.4 Å². The maximum Gasteiger partial charge on any atom is 0.256 e. The van der Waals surface area contributed by atoms with Gasteiger partial charge < -0.3 is 15.4 Å². The molecule has 1 aromatic heterocycles. The molecule has 0 spiro atoms. The number of nitrogens with one attached hydrogen (secondary N) is 2. The van der Waals surface area contributed by atoms with Gasteiger partial charge in [-0.1, -0.05) is 17.8 Å². The van der Waals surface area contributed by atoms with Gasteiger partial charge in [0, 0.05) is 18.7 Å². The van der Waals surface area contributed by atoms with E-state index in [9.17, 15) is 14.0 Å². The third-order valence-corrected chi connectivity index (χ3v) is 4.79. The van der Waals surface area contributed by atoms with Crippen molar-refractivity contribution in [1.82, 2.24) is 15.5 Å². The van der Waals surface area contributed by atoms with Crippen molar-refractivity contribution < 1.29 is 18.7 Å². The van der Waals surface area contributed by atoms with Gasteiger partial charge in [0.2, 0.25) is 5.91 Å². The van der Waals surface area contributed by atoms with E-state index < -0.39 is 11.7 Å². The van der Waals surface area contributed by atoms with Crippen molar-refractivity contribution in [3.8, 4) is 0 Å². The summed E-state index contributed by atoms with van der Waals surface area (Å²) in [7, 11) is 0. The molecule has 3 rings (SSSR count). The fourth-order valence-electron chi connectivity index (χ4n) is 2.51. The predicted molar refractivity (Wildman–Crippen MR) is 99.1 cm³/mol. The molecule has 142 valence electrons. The summed E-state index contributed by atoms with van der Waals surface area (Å²) in [5, 5.41) is 13.8. The normalized spacial score (nSPS) is 16.1. The second-order valence-corrected chi connectivity index (χ2v) is 6.94. The Hall–Kier alpha value is -2.52. The number of ether oxygens (including phenoxy) is 1. The van der Waals surface area contributed by atoms with Gasteiger partial charge in [0.25, 0.3) is 5.91 Å². The van der Waals surface area contributed by atoms with Gasteiger partial charge in [0.1, 0.15) is 10.8 Å². The molecule has 27 heavy (non-hydrogen) atoms. The maximum absolute atomic E-state index is 13.2. The highest BCUT2D eigenvalue weighted by molar-refractivity contribution is 7.99. The number of hydrogen-bond acceptors (Lipinski definition) is 6. The van der Waals surface area contributed by atoms with Gasteiger partial charge in [-0.25, -0.2) is 4.39 Å². The number of rotatable bonds is 7. The molecular formula is C18H19FN4O3S. The molecule has 1 aliphatic rings. The number of halogens is 1. The Balaban J connectivity index is 1.44. The minimum atomic E-state index is -0.488. The topological polar surface area (TPSA) is 93.2 Å². The summed E-state index contributed by atoms with van der Waals surface area (Å²) in [6.07, 6.45) is 2.12. The van der Waals surface area contributed by atoms with E-state index in [1.54, 1.807) is 12.1 Å². The average Bonchev–Trinajstić information content (AvgIpc) is 3.19. The molecule has 9 heteroatoms. The minimum Gasteiger partial charge on any atom is -0.376 e. The van der Waals surface area contributed by atoms with Crippen LogP contribution in [0.4, 0.5) is 10.2 Å². The Morgan fingerprint density at radius 1 is 1.26 bits per heavy atom. The van der Waals surface area contributed by atoms with Crippen LogP contribution in [0.25, 0.3) is 0 Å². The molecule has 1 atom stereocenters. The van der Waals surface area contributed by atoms with Gasteiger partial charge >= 0.3 is 0 Å². The highest BCUT2D eigenvalue weighted by Crippen LogP contribution is 2.16. The van der Waals surface area contributed by atoms with Crippen LogP contribution in [0.2, 0.25) is 0 Å². The van der Waals surface area contributed by atoms with E-state index in [2.05, 4.69) is 20.8 Å². The van der Waals surface area contributed by atoms with Crippen LogP contribution >= 0.6 is 11.8 Å². The zero-order chi connectivity index (χ0) is 19.1. The van der Waals surface area contributed by atoms with Crippen molar-refractivity contribution in [2.75, 3.05) is 24.2 Å². The Morgan fingerprint density at radius 3 is 2.85 bits per heavy atom. The second-order valence-electron chi connectivity index (χ2n) is 5.95. The summed E-state index contributed by atoms with van der Waals surface area (Å²) < 4.78 is 18.6. The summed E-state index contributed by atoms with van der Waals surface area (Å²) >= 11 is 1.25. The van der Waals surface area contributed by atoms with Gasteiger partial charge in [-0.3, -0.25) is 9.59 Å². The molecule has 0 aliphatic carbocycles. The van der Waals surface area contributed by atoms with Crippen LogP contribution in [0.3, 0.4) is 0 Å². The van der Waals surface area contributed by atoms with Gasteiger partial charge in [0.15, 0.2) is 5.82 Å². The fraction of sp³-hybridized carbons (Fsp3) is 0.333. The van der Waals surface area contributed by atoms with Crippen molar-refractivity contribution in [2.24, 2.45) is 0 Å². The molecule has 2 N–H and O–H groups in total. The summed E-state index contributed by atoms with van der Waals surface area (Å²) in [6, 6.07) is 8.61. The van der Waals surface area contributed by atoms with Crippen LogP contribution in [0.1, 0.15) is 23.2 Å². The van der Waals surface area contributed by atoms with Crippen molar-refractivity contribution in [3.63, 3.8) is 0 Å². The SMILES string of the molecule is O=C(CSc1ccc(NC(=O)c2cccc(F)c2)nn1)NC[C@H]1CCCO1. The summed E-state index contributed by atoms with van der Waals surface area (Å²) in [6.45, 7) is 1.28. The predicted octanol–water partition coefficient (Wildman–Crippen LogP) is 2.26. The van der Waals surface area contributed by atoms with Crippen LogP contribution in [0.5, 0.6) is 0 Å². The van der Waals surface area contributed by atoms with Crippen LogP contribution < -0.4 is 10.6 Å². The van der Waals surface area contributed by atoms with E-state index in [0.717, 1.165) is 25.5 Å². The standard InChI is InChI=1S/C18H19FN4O3S/c19-13-4-1-3-12(9-13)18(25)21-15-6-7-17(23-22-15)27-11-16(24)20-10-14-5-2-8-26-14/h1,3-4,6-7,9,14H,2,5,8,10-11H2,(H,20,24)(H,21,22,25)/t14-/m1/s1. The number of anilines is 1. The molecule has 1 fully saturated rings. The van der Waals surface area contributed by atoms with Crippen LogP contribution in [-0.4, -0.2) is 47.0 Å². The van der Waals surface area contributed by atoms with Crippen molar-refractivity contribution >= 4 is 29.4 Å². The lowest BCUT2D eigenvalue weighted by atomic mass is 10.2. The van der Waals surface area contributed by atoms with E-state index in [4.69, 9.17) is 4.74 Å². The molecule has 2 amide bonds. The smallest absolute Gasteiger partial charge is 0.256 e. The highest BCUT2D eigenvalue weighted by Gasteiger charge is 2.16. The van der Waals surface area contributed by atoms with E-state index in [1.807, 2.05) is 0 Å². The van der Waals surface area contributed by atoms with Crippen LogP contribution in [-0.2, 0) is 9.53 Å². The van der Waals surface area contributed by atoms with E-state index in [-0.39, 0.29) is 29.1 Å². The molecule has 1 saturated heterocycles. The van der Waals surface area contributed by atoms with E-state index in [1.165, 1.54) is 30.0 Å². The summed E-state index contributed by atoms with van der Waals surface area (Å²) in [4.78, 5) is 23.9. The van der Waals surface area contributed by atoms with Crippen molar-refractivity contribution in [3.05, 3.63) is 47.8 Å². The molecule has 0 unspecified atom stereocenters. The third-order valence-electron chi connectivity index (χ3n) is 3.87. The number of thioether (sulfide) groups is 1. The lowest BCUT2D eigenvalue weighted by Crippen LogP contribution is -2.32. The number of benzene rings is 1. The van der Waals surface area contributed by atoms with Crippen LogP contribution in [0, 0.1) is 5.82 Å². The minimum absolute atomic E-state index is 0.0965. The highest BCUT2D eigenvalue weighted by atomic mass is 32.2. The first kappa shape index (κ1) is 19.2. The summed E-state index contributed by atoms with van der Waals surface area (Å²) in [5.41, 5.74) is 0.193. The molecule has 0 saturated carbocycles. The molecule has 2 aromatic rings. The van der Waals surface area contributed by atoms with Gasteiger partial charge in [-0.15, -0.1) is 10.2 Å². The first-order valence-electron chi connectivity index (χ1n) is 8.52. The summed E-state index contributed by atoms with van der Waals surface area (Å²) in [5.74, 6) is -0.593. The number of hydrogen-bond donors (Lipinski definition) is 2. The lowest BCUT2D eigenvalue weighted by molar-refractivity contribution is -0.119. The number of nitrogens with zero attached hydrogens (tertiary/aromatic N) is 2. The molecule has 2 heterocycles. The maximum atomic E-state index is 13.2. The molecule has 1 aliphatic heterocycles. The number of aromatic nitrogens is 2. The Bertz CT molecular complexity index is 797. The Morgan fingerprint density at radius 2 is 2.15 bits per heavy atom. The molecule has 0 radical (unpaired) electrons. The largest absolute Gasteiger partial charge is 0.376 e. The first-order chi connectivity index (χ1) is 13.1. The molecular weight excluding hydrogens is 371 g/mol. The average molecular weight is 390 g/mol. The number of amides is 2. The van der Waals surface area contributed by atoms with Gasteiger partial charge in [0.05, 0.1) is 11.9 Å². The number of carbonyl (C=O) groups is 2. The second kappa shape index (κ2) is 9.43. The Labute approximate surface area is 160 Å². The quantitative estimate of drug-likeness (QED) is 0.705. The fourth-order valence-corrected chi connectivity index (χ4v) is 3.15. The van der Waals surface area contributed by atoms with Gasteiger partial charge in [-0.05, 0) is 43.2 Å². The molecule has 0 bridgehead atoms. The molecule has 1 aromatic carbocycles. The Kier molecular flexibility index (Phi) is 6.72. The van der Waals surface area contributed by atoms with E-state index >= 15 is 0 Å². The van der Waals surface area contributed by atoms with E-state index in [0.29, 0.717) is 11.6 Å². The first-order valence-corrected chi connectivity index (χ1v) is 9.50. The van der Waals surface area contributed by atoms with Gasteiger partial charge in [-0.2, -0.15) is 0 Å². The van der Waals surface area contributed by atoms with Crippen molar-refractivity contribution in [2.45, 2.75) is 24.0 Å². The molecule has 7 nitrogen and oxygen atoms in total. The lowest BCUT2D eigenvalue weighted by Gasteiger charge is -2.10. The third kappa shape index (κ3) is 6.00.